The van der Waals surface area contributed by atoms with Gasteiger partial charge in [0.15, 0.2) is 0 Å². The van der Waals surface area contributed by atoms with Crippen molar-refractivity contribution in [1.82, 2.24) is 9.80 Å². The maximum Gasteiger partial charge on any atom is 0.328 e. The summed E-state index contributed by atoms with van der Waals surface area (Å²) >= 11 is 0. The van der Waals surface area contributed by atoms with E-state index in [9.17, 15) is 14.4 Å². The molecule has 6 aliphatic rings. The van der Waals surface area contributed by atoms with Gasteiger partial charge in [-0.05, 0) is 75.2 Å². The van der Waals surface area contributed by atoms with Crippen molar-refractivity contribution in [2.75, 3.05) is 39.8 Å². The van der Waals surface area contributed by atoms with Crippen molar-refractivity contribution in [2.45, 2.75) is 57.5 Å². The lowest BCUT2D eigenvalue weighted by atomic mass is 9.73. The van der Waals surface area contributed by atoms with Crippen molar-refractivity contribution in [3.8, 4) is 0 Å². The Morgan fingerprint density at radius 3 is 2.09 bits per heavy atom. The Labute approximate surface area is 201 Å². The molecule has 0 aromatic heterocycles. The second kappa shape index (κ2) is 8.94. The maximum atomic E-state index is 12.9. The van der Waals surface area contributed by atoms with E-state index >= 15 is 0 Å². The fraction of sp³-hybridized carbons (Fsp3) is 0.808. The molecule has 2 heterocycles. The smallest absolute Gasteiger partial charge is 0.328 e. The zero-order chi connectivity index (χ0) is 24.1. The number of carbonyl (C=O) groups is 3. The van der Waals surface area contributed by atoms with Crippen LogP contribution in [0.25, 0.3) is 0 Å². The summed E-state index contributed by atoms with van der Waals surface area (Å²) in [5, 5.41) is 15.6. The summed E-state index contributed by atoms with van der Waals surface area (Å²) in [5.41, 5.74) is 1.24. The van der Waals surface area contributed by atoms with Gasteiger partial charge in [0.05, 0.1) is 5.92 Å². The molecule has 0 aromatic carbocycles. The Bertz CT molecular complexity index is 839. The fourth-order valence-corrected chi connectivity index (χ4v) is 7.72. The number of esters is 1. The number of hydrogen-bond acceptors (Lipinski definition) is 6. The Hall–Kier alpha value is -1.93. The molecule has 2 aliphatic heterocycles. The standard InChI is InChI=1S/C22H34N2O2.C4H4O4/c1-23-10-12-24(13-11-23)14-16-15-2-4-21(6-7-21)17-3-5-22(8-9-22)18(17)19(15)26-20(16)25;5-3(6)1-2-4(7)8/h15-19H,2-14H2,1H3;1-2H,(H,5,6)(H,7,8)/b;2-1+/t15-,16-,17+,18-,19-;/m0./s1. The van der Waals surface area contributed by atoms with Crippen LogP contribution in [0.3, 0.4) is 0 Å². The van der Waals surface area contributed by atoms with E-state index in [2.05, 4.69) is 16.8 Å². The van der Waals surface area contributed by atoms with Crippen LogP contribution in [0.2, 0.25) is 0 Å². The van der Waals surface area contributed by atoms with Gasteiger partial charge in [-0.2, -0.15) is 0 Å². The second-order valence-electron chi connectivity index (χ2n) is 11.7. The number of aliphatic carboxylic acids is 2. The number of fused-ring (bicyclic) bond motifs is 5. The van der Waals surface area contributed by atoms with E-state index in [1.165, 1.54) is 51.4 Å². The quantitative estimate of drug-likeness (QED) is 0.473. The molecule has 188 valence electrons. The molecule has 0 unspecified atom stereocenters. The monoisotopic (exact) mass is 474 g/mol. The second-order valence-corrected chi connectivity index (χ2v) is 11.7. The van der Waals surface area contributed by atoms with Crippen molar-refractivity contribution < 1.29 is 29.3 Å². The van der Waals surface area contributed by atoms with Crippen LogP contribution in [0.4, 0.5) is 0 Å². The van der Waals surface area contributed by atoms with Crippen LogP contribution in [-0.2, 0) is 19.1 Å². The number of carbonyl (C=O) groups excluding carboxylic acids is 1. The maximum absolute atomic E-state index is 12.9. The Morgan fingerprint density at radius 2 is 1.53 bits per heavy atom. The molecular weight excluding hydrogens is 436 g/mol. The van der Waals surface area contributed by atoms with Gasteiger partial charge >= 0.3 is 17.9 Å². The first kappa shape index (κ1) is 23.8. The molecule has 2 spiro atoms. The van der Waals surface area contributed by atoms with Gasteiger partial charge < -0.3 is 19.8 Å². The van der Waals surface area contributed by atoms with Crippen LogP contribution >= 0.6 is 0 Å². The van der Waals surface area contributed by atoms with Crippen molar-refractivity contribution in [3.05, 3.63) is 12.2 Å². The highest BCUT2D eigenvalue weighted by molar-refractivity contribution is 5.89. The van der Waals surface area contributed by atoms with Gasteiger partial charge in [0, 0.05) is 56.7 Å². The highest BCUT2D eigenvalue weighted by atomic mass is 16.6. The first-order chi connectivity index (χ1) is 16.2. The first-order valence-electron chi connectivity index (χ1n) is 13.0. The largest absolute Gasteiger partial charge is 0.478 e. The minimum atomic E-state index is -1.26. The normalized spacial score (nSPS) is 37.4. The molecule has 8 nitrogen and oxygen atoms in total. The molecule has 0 aromatic rings. The van der Waals surface area contributed by atoms with Gasteiger partial charge in [0.25, 0.3) is 0 Å². The van der Waals surface area contributed by atoms with E-state index in [1.807, 2.05) is 0 Å². The van der Waals surface area contributed by atoms with Crippen molar-refractivity contribution in [3.63, 3.8) is 0 Å². The van der Waals surface area contributed by atoms with Crippen LogP contribution in [0.5, 0.6) is 0 Å². The summed E-state index contributed by atoms with van der Waals surface area (Å²) < 4.78 is 6.26. The van der Waals surface area contributed by atoms with E-state index in [1.54, 1.807) is 0 Å². The fourth-order valence-electron chi connectivity index (χ4n) is 7.72. The number of rotatable bonds is 4. The molecule has 4 aliphatic carbocycles. The Morgan fingerprint density at radius 1 is 0.941 bits per heavy atom. The predicted octanol–water partition coefficient (Wildman–Crippen LogP) is 2.48. The highest BCUT2D eigenvalue weighted by Gasteiger charge is 2.69. The molecule has 2 N–H and O–H groups in total. The molecule has 8 heteroatoms. The van der Waals surface area contributed by atoms with E-state index in [4.69, 9.17) is 14.9 Å². The lowest BCUT2D eigenvalue weighted by molar-refractivity contribution is -0.148. The zero-order valence-corrected chi connectivity index (χ0v) is 20.2. The molecule has 2 saturated heterocycles. The number of piperazine rings is 1. The topological polar surface area (TPSA) is 107 Å². The van der Waals surface area contributed by atoms with Crippen LogP contribution in [0.15, 0.2) is 12.2 Å². The minimum Gasteiger partial charge on any atom is -0.478 e. The first-order valence-corrected chi connectivity index (χ1v) is 13.0. The number of carboxylic acids is 2. The van der Waals surface area contributed by atoms with Gasteiger partial charge in [0.2, 0.25) is 0 Å². The van der Waals surface area contributed by atoms with Gasteiger partial charge in [-0.25, -0.2) is 9.59 Å². The Balaban J connectivity index is 0.000000262. The average Bonchev–Trinajstić information content (AvgIpc) is 3.69. The van der Waals surface area contributed by atoms with Gasteiger partial charge in [-0.3, -0.25) is 9.69 Å². The van der Waals surface area contributed by atoms with Gasteiger partial charge in [-0.1, -0.05) is 0 Å². The lowest BCUT2D eigenvalue weighted by Crippen LogP contribution is -2.47. The van der Waals surface area contributed by atoms with Crippen LogP contribution < -0.4 is 0 Å². The van der Waals surface area contributed by atoms with Crippen LogP contribution in [-0.4, -0.2) is 83.8 Å². The summed E-state index contributed by atoms with van der Waals surface area (Å²) in [7, 11) is 2.20. The van der Waals surface area contributed by atoms with E-state index in [0.717, 1.165) is 38.6 Å². The summed E-state index contributed by atoms with van der Waals surface area (Å²) in [6.45, 7) is 5.43. The molecule has 0 bridgehead atoms. The minimum absolute atomic E-state index is 0.145. The summed E-state index contributed by atoms with van der Waals surface area (Å²) in [5.74, 6) is -0.138. The molecule has 5 atom stereocenters. The zero-order valence-electron chi connectivity index (χ0n) is 20.2. The lowest BCUT2D eigenvalue weighted by Gasteiger charge is -2.35. The molecular formula is C26H38N2O6. The molecule has 4 saturated carbocycles. The SMILES string of the molecule is CN1CCN(C[C@@H]2C(=O)O[C@H]3[C@H]2CCC2(CC2)[C@@H]2CCC4(CC4)[C@H]32)CC1.O=C(O)/C=C/C(=O)O. The molecule has 6 rings (SSSR count). The number of carboxylic acid groups (broad SMARTS) is 2. The van der Waals surface area contributed by atoms with Crippen molar-refractivity contribution >= 4 is 17.9 Å². The van der Waals surface area contributed by atoms with E-state index in [0.29, 0.717) is 34.8 Å². The van der Waals surface area contributed by atoms with Crippen LogP contribution in [0, 0.1) is 34.5 Å². The third kappa shape index (κ3) is 4.51. The summed E-state index contributed by atoms with van der Waals surface area (Å²) in [4.78, 5) is 37.0. The number of ether oxygens (including phenoxy) is 1. The van der Waals surface area contributed by atoms with Gasteiger partial charge in [-0.15, -0.1) is 0 Å². The van der Waals surface area contributed by atoms with Crippen LogP contribution in [0.1, 0.15) is 51.4 Å². The molecule has 6 fully saturated rings. The molecule has 0 radical (unpaired) electrons. The third-order valence-electron chi connectivity index (χ3n) is 9.91. The third-order valence-corrected chi connectivity index (χ3v) is 9.91. The number of hydrogen-bond donors (Lipinski definition) is 2. The molecule has 34 heavy (non-hydrogen) atoms. The van der Waals surface area contributed by atoms with E-state index in [-0.39, 0.29) is 18.0 Å². The number of likely N-dealkylation sites (N-methyl/N-ethyl adjacent to an activating group) is 1. The summed E-state index contributed by atoms with van der Waals surface area (Å²) in [6, 6.07) is 0. The van der Waals surface area contributed by atoms with Crippen molar-refractivity contribution in [1.29, 1.82) is 0 Å². The summed E-state index contributed by atoms with van der Waals surface area (Å²) in [6.07, 6.45) is 12.6. The highest BCUT2D eigenvalue weighted by Crippen LogP contribution is 2.75. The van der Waals surface area contributed by atoms with Gasteiger partial charge in [0.1, 0.15) is 6.10 Å². The molecule has 0 amide bonds. The number of nitrogens with zero attached hydrogens (tertiary/aromatic N) is 2. The van der Waals surface area contributed by atoms with Crippen molar-refractivity contribution in [2.24, 2.45) is 34.5 Å². The van der Waals surface area contributed by atoms with E-state index < -0.39 is 11.9 Å². The predicted molar refractivity (Wildman–Crippen MR) is 124 cm³/mol. The Kier molecular flexibility index (Phi) is 6.25. The average molecular weight is 475 g/mol.